The Hall–Kier alpha value is -0.440. The van der Waals surface area contributed by atoms with Crippen molar-refractivity contribution < 1.29 is 4.79 Å². The molecule has 0 rings (SSSR count). The summed E-state index contributed by atoms with van der Waals surface area (Å²) in [7, 11) is 0. The van der Waals surface area contributed by atoms with Gasteiger partial charge in [-0.3, -0.25) is 4.79 Å². The molecule has 0 radical (unpaired) electrons. The maximum atomic E-state index is 9.82. The molecular formula is C8H19NOS. The Morgan fingerprint density at radius 3 is 1.45 bits per heavy atom. The lowest BCUT2D eigenvalue weighted by Gasteiger charge is -1.81. The SMILES string of the molecule is C=C(C)C(N)=O.CC(C)C.S. The number of carbonyl (C=O) groups is 1. The predicted molar refractivity (Wildman–Crippen MR) is 54.9 cm³/mol. The van der Waals surface area contributed by atoms with Crippen LogP contribution in [-0.2, 0) is 4.79 Å². The first-order valence-electron chi connectivity index (χ1n) is 3.33. The van der Waals surface area contributed by atoms with Gasteiger partial charge in [0.2, 0.25) is 5.91 Å². The number of hydrogen-bond acceptors (Lipinski definition) is 1. The van der Waals surface area contributed by atoms with Crippen molar-refractivity contribution in [2.24, 2.45) is 11.7 Å². The van der Waals surface area contributed by atoms with E-state index in [0.29, 0.717) is 5.57 Å². The summed E-state index contributed by atoms with van der Waals surface area (Å²) in [6.07, 6.45) is 0. The van der Waals surface area contributed by atoms with Gasteiger partial charge in [0.1, 0.15) is 0 Å². The van der Waals surface area contributed by atoms with Gasteiger partial charge >= 0.3 is 0 Å². The van der Waals surface area contributed by atoms with Crippen LogP contribution in [-0.4, -0.2) is 5.91 Å². The predicted octanol–water partition coefficient (Wildman–Crippen LogP) is 1.82. The standard InChI is InChI=1S/C4H7NO.C4H10.H2S/c1-3(2)4(5)6;1-4(2)3;/h1H2,2H3,(H2,5,6);4H,1-3H3;1H2. The summed E-state index contributed by atoms with van der Waals surface area (Å²) in [4.78, 5) is 9.82. The van der Waals surface area contributed by atoms with E-state index < -0.39 is 5.91 Å². The highest BCUT2D eigenvalue weighted by Gasteiger charge is 1.86. The Balaban J connectivity index is -0.000000114. The molecule has 0 aromatic heterocycles. The summed E-state index contributed by atoms with van der Waals surface area (Å²) in [5.41, 5.74) is 5.09. The first-order chi connectivity index (χ1) is 4.37. The Kier molecular flexibility index (Phi) is 14.7. The van der Waals surface area contributed by atoms with Gasteiger partial charge in [0.25, 0.3) is 0 Å². The molecule has 11 heavy (non-hydrogen) atoms. The van der Waals surface area contributed by atoms with E-state index in [1.807, 2.05) is 0 Å². The zero-order chi connectivity index (χ0) is 8.73. The third-order valence-electron chi connectivity index (χ3n) is 0.421. The van der Waals surface area contributed by atoms with E-state index in [1.165, 1.54) is 0 Å². The maximum Gasteiger partial charge on any atom is 0.243 e. The van der Waals surface area contributed by atoms with Crippen LogP contribution in [0.4, 0.5) is 0 Å². The van der Waals surface area contributed by atoms with Gasteiger partial charge in [0.05, 0.1) is 0 Å². The van der Waals surface area contributed by atoms with E-state index in [4.69, 9.17) is 5.73 Å². The van der Waals surface area contributed by atoms with Gasteiger partial charge in [-0.15, -0.1) is 0 Å². The van der Waals surface area contributed by atoms with E-state index in [9.17, 15) is 4.79 Å². The molecule has 0 aliphatic rings. The molecule has 68 valence electrons. The van der Waals surface area contributed by atoms with Gasteiger partial charge in [-0.1, -0.05) is 27.4 Å². The molecule has 0 atom stereocenters. The van der Waals surface area contributed by atoms with E-state index in [1.54, 1.807) is 6.92 Å². The first-order valence-corrected chi connectivity index (χ1v) is 3.33. The minimum Gasteiger partial charge on any atom is -0.366 e. The van der Waals surface area contributed by atoms with E-state index >= 15 is 0 Å². The van der Waals surface area contributed by atoms with Crippen LogP contribution in [0, 0.1) is 5.92 Å². The molecule has 2 N–H and O–H groups in total. The molecule has 1 amide bonds. The average molecular weight is 177 g/mol. The highest BCUT2D eigenvalue weighted by molar-refractivity contribution is 7.59. The lowest BCUT2D eigenvalue weighted by Crippen LogP contribution is -2.10. The minimum absolute atomic E-state index is 0. The quantitative estimate of drug-likeness (QED) is 0.610. The largest absolute Gasteiger partial charge is 0.366 e. The molecule has 0 aromatic rings. The van der Waals surface area contributed by atoms with Gasteiger partial charge in [0.15, 0.2) is 0 Å². The first kappa shape index (κ1) is 16.9. The van der Waals surface area contributed by atoms with Crippen LogP contribution < -0.4 is 5.73 Å². The fourth-order valence-corrected chi connectivity index (χ4v) is 0. The van der Waals surface area contributed by atoms with E-state index in [-0.39, 0.29) is 13.5 Å². The smallest absolute Gasteiger partial charge is 0.243 e. The van der Waals surface area contributed by atoms with Gasteiger partial charge in [-0.05, 0) is 12.8 Å². The summed E-state index contributed by atoms with van der Waals surface area (Å²) in [5.74, 6) is 0.398. The molecule has 3 heteroatoms. The summed E-state index contributed by atoms with van der Waals surface area (Å²) in [5, 5.41) is 0. The Morgan fingerprint density at radius 1 is 1.36 bits per heavy atom. The Morgan fingerprint density at radius 2 is 1.45 bits per heavy atom. The van der Waals surface area contributed by atoms with Crippen molar-refractivity contribution >= 4 is 19.4 Å². The Bertz CT molecular complexity index is 107. The van der Waals surface area contributed by atoms with E-state index in [0.717, 1.165) is 5.92 Å². The van der Waals surface area contributed by atoms with Crippen molar-refractivity contribution in [1.82, 2.24) is 0 Å². The second-order valence-electron chi connectivity index (χ2n) is 2.88. The summed E-state index contributed by atoms with van der Waals surface area (Å²) in [6.45, 7) is 11.4. The Labute approximate surface area is 76.3 Å². The maximum absolute atomic E-state index is 9.82. The van der Waals surface area contributed by atoms with Crippen LogP contribution >= 0.6 is 13.5 Å². The number of nitrogens with two attached hydrogens (primary N) is 1. The van der Waals surface area contributed by atoms with Crippen molar-refractivity contribution in [2.45, 2.75) is 27.7 Å². The van der Waals surface area contributed by atoms with Gasteiger partial charge in [-0.2, -0.15) is 13.5 Å². The van der Waals surface area contributed by atoms with Crippen LogP contribution in [0.5, 0.6) is 0 Å². The fourth-order valence-electron chi connectivity index (χ4n) is 0. The van der Waals surface area contributed by atoms with Crippen molar-refractivity contribution in [3.8, 4) is 0 Å². The van der Waals surface area contributed by atoms with Gasteiger partial charge < -0.3 is 5.73 Å². The number of hydrogen-bond donors (Lipinski definition) is 1. The molecule has 0 spiro atoms. The molecule has 0 unspecified atom stereocenters. The zero-order valence-electron chi connectivity index (χ0n) is 7.77. The molecule has 0 fully saturated rings. The molecule has 0 saturated heterocycles. The fraction of sp³-hybridized carbons (Fsp3) is 0.625. The number of primary amides is 1. The minimum atomic E-state index is -0.435. The molecular weight excluding hydrogens is 158 g/mol. The summed E-state index contributed by atoms with van der Waals surface area (Å²) >= 11 is 0. The summed E-state index contributed by atoms with van der Waals surface area (Å²) in [6, 6.07) is 0. The average Bonchev–Trinajstić information content (AvgIpc) is 1.63. The topological polar surface area (TPSA) is 43.1 Å². The molecule has 0 heterocycles. The van der Waals surface area contributed by atoms with Crippen molar-refractivity contribution in [2.75, 3.05) is 0 Å². The van der Waals surface area contributed by atoms with Crippen LogP contribution in [0.2, 0.25) is 0 Å². The number of rotatable bonds is 1. The second kappa shape index (κ2) is 9.56. The van der Waals surface area contributed by atoms with Crippen LogP contribution in [0.15, 0.2) is 12.2 Å². The monoisotopic (exact) mass is 177 g/mol. The van der Waals surface area contributed by atoms with Crippen LogP contribution in [0.25, 0.3) is 0 Å². The van der Waals surface area contributed by atoms with Gasteiger partial charge in [0, 0.05) is 5.57 Å². The van der Waals surface area contributed by atoms with E-state index in [2.05, 4.69) is 27.4 Å². The molecule has 0 bridgehead atoms. The van der Waals surface area contributed by atoms with Crippen molar-refractivity contribution in [1.29, 1.82) is 0 Å². The third kappa shape index (κ3) is 43.1. The zero-order valence-corrected chi connectivity index (χ0v) is 8.77. The molecule has 0 aromatic carbocycles. The van der Waals surface area contributed by atoms with Crippen molar-refractivity contribution in [3.05, 3.63) is 12.2 Å². The summed E-state index contributed by atoms with van der Waals surface area (Å²) < 4.78 is 0. The number of amides is 1. The lowest BCUT2D eigenvalue weighted by atomic mass is 10.3. The van der Waals surface area contributed by atoms with Crippen LogP contribution in [0.1, 0.15) is 27.7 Å². The van der Waals surface area contributed by atoms with Gasteiger partial charge in [-0.25, -0.2) is 0 Å². The molecule has 2 nitrogen and oxygen atoms in total. The highest BCUT2D eigenvalue weighted by Crippen LogP contribution is 1.81. The molecule has 0 aliphatic carbocycles. The molecule has 0 aliphatic heterocycles. The molecule has 0 saturated carbocycles. The van der Waals surface area contributed by atoms with Crippen molar-refractivity contribution in [3.63, 3.8) is 0 Å². The highest BCUT2D eigenvalue weighted by atomic mass is 32.1. The second-order valence-corrected chi connectivity index (χ2v) is 2.88. The number of carbonyl (C=O) groups excluding carboxylic acids is 1. The lowest BCUT2D eigenvalue weighted by molar-refractivity contribution is -0.114. The third-order valence-corrected chi connectivity index (χ3v) is 0.421. The normalized spacial score (nSPS) is 7.36. The van der Waals surface area contributed by atoms with Crippen LogP contribution in [0.3, 0.4) is 0 Å².